The molecule has 0 fully saturated rings. The van der Waals surface area contributed by atoms with E-state index in [1.807, 2.05) is 0 Å². The van der Waals surface area contributed by atoms with E-state index in [-0.39, 0.29) is 6.42 Å². The topological polar surface area (TPSA) is 74.6 Å². The molecule has 0 aliphatic rings. The molecule has 5 heteroatoms. The van der Waals surface area contributed by atoms with Crippen LogP contribution in [0.5, 0.6) is 0 Å². The zero-order valence-electron chi connectivity index (χ0n) is 5.24. The van der Waals surface area contributed by atoms with E-state index < -0.39 is 11.3 Å². The smallest absolute Gasteiger partial charge is 0.364 e. The lowest BCUT2D eigenvalue weighted by Gasteiger charge is -1.91. The molecule has 0 rings (SSSR count). The summed E-state index contributed by atoms with van der Waals surface area (Å²) in [5, 5.41) is 15.3. The molecule has 0 saturated heterocycles. The number of aliphatic carboxylic acids is 1. The predicted molar refractivity (Wildman–Crippen MR) is 37.4 cm³/mol. The Morgan fingerprint density at radius 3 is 2.30 bits per heavy atom. The summed E-state index contributed by atoms with van der Waals surface area (Å²) in [5.41, 5.74) is 0. The zero-order valence-corrected chi connectivity index (χ0v) is 6.06. The molecule has 0 aliphatic heterocycles. The van der Waals surface area contributed by atoms with E-state index in [4.69, 9.17) is 10.2 Å². The van der Waals surface area contributed by atoms with E-state index in [0.29, 0.717) is 12.2 Å². The third-order valence-electron chi connectivity index (χ3n) is 0.761. The lowest BCUT2D eigenvalue weighted by molar-refractivity contribution is -0.137. The monoisotopic (exact) mass is 164 g/mol. The molecule has 0 aromatic rings. The average molecular weight is 164 g/mol. The molecule has 58 valence electrons. The van der Waals surface area contributed by atoms with E-state index in [2.05, 4.69) is 0 Å². The van der Waals surface area contributed by atoms with Crippen LogP contribution in [-0.2, 0) is 4.79 Å². The number of thioether (sulfide) groups is 1. The minimum atomic E-state index is -0.953. The van der Waals surface area contributed by atoms with Gasteiger partial charge in [0.25, 0.3) is 0 Å². The molecule has 0 saturated carbocycles. The third kappa shape index (κ3) is 7.29. The van der Waals surface area contributed by atoms with Gasteiger partial charge in [-0.3, -0.25) is 4.79 Å². The number of carbonyl (C=O) groups is 2. The summed E-state index contributed by atoms with van der Waals surface area (Å²) in [7, 11) is 0. The normalized spacial score (nSPS) is 9.20. The van der Waals surface area contributed by atoms with Crippen molar-refractivity contribution in [2.24, 2.45) is 0 Å². The highest BCUT2D eigenvalue weighted by molar-refractivity contribution is 8.13. The molecule has 0 amide bonds. The van der Waals surface area contributed by atoms with Gasteiger partial charge in [0.05, 0.1) is 0 Å². The molecular weight excluding hydrogens is 156 g/mol. The minimum absolute atomic E-state index is 0.0419. The van der Waals surface area contributed by atoms with Crippen LogP contribution < -0.4 is 0 Å². The Morgan fingerprint density at radius 1 is 1.30 bits per heavy atom. The van der Waals surface area contributed by atoms with Crippen LogP contribution in [-0.4, -0.2) is 27.2 Å². The number of hydrogen-bond acceptors (Lipinski definition) is 3. The van der Waals surface area contributed by atoms with Gasteiger partial charge in [-0.25, -0.2) is 4.79 Å². The Bertz CT molecular complexity index is 118. The minimum Gasteiger partial charge on any atom is -0.481 e. The highest BCUT2D eigenvalue weighted by Crippen LogP contribution is 2.04. The number of carboxylic acid groups (broad SMARTS) is 2. The maximum atomic E-state index is 9.89. The Kier molecular flexibility index (Phi) is 4.74. The second-order valence-electron chi connectivity index (χ2n) is 1.61. The first-order valence-electron chi connectivity index (χ1n) is 2.70. The summed E-state index contributed by atoms with van der Waals surface area (Å²) in [6, 6.07) is 0. The summed E-state index contributed by atoms with van der Waals surface area (Å²) in [4.78, 5) is 19.7. The fourth-order valence-electron chi connectivity index (χ4n) is 0.383. The van der Waals surface area contributed by atoms with Crippen LogP contribution in [0.3, 0.4) is 0 Å². The van der Waals surface area contributed by atoms with Crippen LogP contribution in [0.25, 0.3) is 0 Å². The van der Waals surface area contributed by atoms with Gasteiger partial charge in [0, 0.05) is 12.2 Å². The van der Waals surface area contributed by atoms with E-state index >= 15 is 0 Å². The van der Waals surface area contributed by atoms with Crippen LogP contribution in [0.1, 0.15) is 12.8 Å². The van der Waals surface area contributed by atoms with Crippen LogP contribution >= 0.6 is 11.8 Å². The first-order chi connectivity index (χ1) is 4.63. The average Bonchev–Trinajstić information content (AvgIpc) is 1.79. The van der Waals surface area contributed by atoms with Gasteiger partial charge in [-0.2, -0.15) is 0 Å². The van der Waals surface area contributed by atoms with Crippen molar-refractivity contribution >= 4 is 23.0 Å². The largest absolute Gasteiger partial charge is 0.481 e. The molecule has 0 spiro atoms. The quantitative estimate of drug-likeness (QED) is 0.612. The molecule has 4 nitrogen and oxygen atoms in total. The molecule has 0 aliphatic carbocycles. The first kappa shape index (κ1) is 9.29. The molecule has 10 heavy (non-hydrogen) atoms. The van der Waals surface area contributed by atoms with Crippen molar-refractivity contribution in [1.82, 2.24) is 0 Å². The molecule has 2 N–H and O–H groups in total. The highest BCUT2D eigenvalue weighted by atomic mass is 32.2. The van der Waals surface area contributed by atoms with E-state index in [1.165, 1.54) is 0 Å². The molecule has 0 heterocycles. The van der Waals surface area contributed by atoms with Gasteiger partial charge >= 0.3 is 11.3 Å². The van der Waals surface area contributed by atoms with Gasteiger partial charge in [-0.1, -0.05) is 0 Å². The predicted octanol–water partition coefficient (Wildman–Crippen LogP) is 1.26. The summed E-state index contributed by atoms with van der Waals surface area (Å²) >= 11 is 0.727. The molecule has 0 aromatic heterocycles. The van der Waals surface area contributed by atoms with Crippen LogP contribution in [0, 0.1) is 0 Å². The lowest BCUT2D eigenvalue weighted by atomic mass is 10.3. The van der Waals surface area contributed by atoms with E-state index in [0.717, 1.165) is 11.8 Å². The standard InChI is InChI=1S/C5H8O4S/c6-4(7)2-1-3-10-5(8)9/h1-3H2,(H,6,7)(H,8,9). The highest BCUT2D eigenvalue weighted by Gasteiger charge is 1.99. The molecule has 0 atom stereocenters. The Hall–Kier alpha value is -0.710. The van der Waals surface area contributed by atoms with E-state index in [9.17, 15) is 9.59 Å². The molecule has 0 radical (unpaired) electrons. The van der Waals surface area contributed by atoms with Crippen molar-refractivity contribution in [3.63, 3.8) is 0 Å². The summed E-state index contributed by atoms with van der Waals surface area (Å²) in [5.74, 6) is -0.521. The summed E-state index contributed by atoms with van der Waals surface area (Å²) < 4.78 is 0. The van der Waals surface area contributed by atoms with Crippen molar-refractivity contribution in [2.45, 2.75) is 12.8 Å². The molecule has 0 aromatic carbocycles. The Morgan fingerprint density at radius 2 is 1.90 bits per heavy atom. The van der Waals surface area contributed by atoms with Crippen molar-refractivity contribution in [3.8, 4) is 0 Å². The number of carboxylic acids is 1. The van der Waals surface area contributed by atoms with Gasteiger partial charge in [0.1, 0.15) is 0 Å². The fourth-order valence-corrected chi connectivity index (χ4v) is 0.846. The maximum Gasteiger partial charge on any atom is 0.364 e. The van der Waals surface area contributed by atoms with Gasteiger partial charge in [0.2, 0.25) is 0 Å². The summed E-state index contributed by atoms with van der Waals surface area (Å²) in [6.45, 7) is 0. The second-order valence-corrected chi connectivity index (χ2v) is 2.66. The third-order valence-corrected chi connectivity index (χ3v) is 1.50. The van der Waals surface area contributed by atoms with Gasteiger partial charge in [-0.15, -0.1) is 0 Å². The Balaban J connectivity index is 3.06. The summed E-state index contributed by atoms with van der Waals surface area (Å²) in [6.07, 6.45) is 0.451. The van der Waals surface area contributed by atoms with Crippen molar-refractivity contribution < 1.29 is 19.8 Å². The number of rotatable bonds is 4. The first-order valence-corrected chi connectivity index (χ1v) is 3.69. The zero-order chi connectivity index (χ0) is 7.98. The van der Waals surface area contributed by atoms with Gasteiger partial charge in [-0.05, 0) is 18.2 Å². The lowest BCUT2D eigenvalue weighted by Crippen LogP contribution is -1.96. The SMILES string of the molecule is O=C(O)CCCSC(=O)O. The Labute approximate surface area is 62.2 Å². The second kappa shape index (κ2) is 5.10. The number of hydrogen-bond donors (Lipinski definition) is 2. The van der Waals surface area contributed by atoms with Gasteiger partial charge in [0.15, 0.2) is 0 Å². The van der Waals surface area contributed by atoms with Crippen molar-refractivity contribution in [2.75, 3.05) is 5.75 Å². The molecule has 0 bridgehead atoms. The van der Waals surface area contributed by atoms with Crippen LogP contribution in [0.2, 0.25) is 0 Å². The van der Waals surface area contributed by atoms with Crippen molar-refractivity contribution in [3.05, 3.63) is 0 Å². The van der Waals surface area contributed by atoms with Gasteiger partial charge < -0.3 is 10.2 Å². The molecular formula is C5H8O4S. The van der Waals surface area contributed by atoms with Crippen LogP contribution in [0.15, 0.2) is 0 Å². The fraction of sp³-hybridized carbons (Fsp3) is 0.600. The van der Waals surface area contributed by atoms with Crippen LogP contribution in [0.4, 0.5) is 4.79 Å². The maximum absolute atomic E-state index is 9.89. The molecule has 0 unspecified atom stereocenters. The van der Waals surface area contributed by atoms with Crippen molar-refractivity contribution in [1.29, 1.82) is 0 Å². The van der Waals surface area contributed by atoms with E-state index in [1.54, 1.807) is 0 Å².